The zero-order valence-corrected chi connectivity index (χ0v) is 8.71. The molecule has 0 fully saturated rings. The van der Waals surface area contributed by atoms with Gasteiger partial charge in [-0.1, -0.05) is 0 Å². The van der Waals surface area contributed by atoms with Gasteiger partial charge in [0.15, 0.2) is 0 Å². The second-order valence-corrected chi connectivity index (χ2v) is 3.79. The Morgan fingerprint density at radius 3 is 3.07 bits per heavy atom. The molecule has 0 saturated carbocycles. The second kappa shape index (κ2) is 5.09. The Hall–Kier alpha value is -0.910. The van der Waals surface area contributed by atoms with Crippen LogP contribution in [0.4, 0.5) is 0 Å². The largest absolute Gasteiger partial charge is 0.465 e. The van der Waals surface area contributed by atoms with Gasteiger partial charge in [-0.3, -0.25) is 0 Å². The molecule has 0 aliphatic rings. The van der Waals surface area contributed by atoms with Gasteiger partial charge in [-0.2, -0.15) is 0 Å². The monoisotopic (exact) mass is 215 g/mol. The minimum absolute atomic E-state index is 0.0482. The summed E-state index contributed by atoms with van der Waals surface area (Å²) in [5.74, 6) is -0.358. The molecule has 0 radical (unpaired) electrons. The number of carbonyl (C=O) groups excluding carboxylic acids is 1. The Balaban J connectivity index is 2.72. The summed E-state index contributed by atoms with van der Waals surface area (Å²) in [6, 6.07) is 1.50. The second-order valence-electron chi connectivity index (χ2n) is 2.85. The molecule has 14 heavy (non-hydrogen) atoms. The highest BCUT2D eigenvalue weighted by molar-refractivity contribution is 7.10. The van der Waals surface area contributed by atoms with Crippen LogP contribution in [0.2, 0.25) is 0 Å². The van der Waals surface area contributed by atoms with Crippen molar-refractivity contribution >= 4 is 17.3 Å². The summed E-state index contributed by atoms with van der Waals surface area (Å²) in [5, 5.41) is 10.4. The number of ether oxygens (including phenoxy) is 1. The fourth-order valence-electron chi connectivity index (χ4n) is 1.05. The summed E-state index contributed by atoms with van der Waals surface area (Å²) in [6.07, 6.45) is 0.501. The SMILES string of the molecule is COC(=O)c1csc(C(N)CCO)c1. The summed E-state index contributed by atoms with van der Waals surface area (Å²) < 4.78 is 4.57. The summed E-state index contributed by atoms with van der Waals surface area (Å²) in [7, 11) is 1.34. The lowest BCUT2D eigenvalue weighted by Crippen LogP contribution is -2.10. The van der Waals surface area contributed by atoms with Gasteiger partial charge in [0.05, 0.1) is 12.7 Å². The van der Waals surface area contributed by atoms with Gasteiger partial charge in [0, 0.05) is 22.9 Å². The van der Waals surface area contributed by atoms with E-state index in [2.05, 4.69) is 4.74 Å². The molecule has 0 bridgehead atoms. The highest BCUT2D eigenvalue weighted by Crippen LogP contribution is 2.22. The molecule has 78 valence electrons. The average Bonchev–Trinajstić information content (AvgIpc) is 2.66. The summed E-state index contributed by atoms with van der Waals surface area (Å²) in [4.78, 5) is 12.0. The normalized spacial score (nSPS) is 12.5. The van der Waals surface area contributed by atoms with E-state index in [1.165, 1.54) is 18.4 Å². The van der Waals surface area contributed by atoms with Crippen molar-refractivity contribution in [1.82, 2.24) is 0 Å². The lowest BCUT2D eigenvalue weighted by Gasteiger charge is -2.05. The molecule has 0 amide bonds. The third kappa shape index (κ3) is 2.54. The van der Waals surface area contributed by atoms with E-state index < -0.39 is 0 Å². The topological polar surface area (TPSA) is 72.5 Å². The molecule has 0 aromatic carbocycles. The number of carbonyl (C=O) groups is 1. The van der Waals surface area contributed by atoms with Crippen molar-refractivity contribution in [2.24, 2.45) is 5.73 Å². The van der Waals surface area contributed by atoms with E-state index in [4.69, 9.17) is 10.8 Å². The van der Waals surface area contributed by atoms with Crippen molar-refractivity contribution in [2.75, 3.05) is 13.7 Å². The molecule has 0 aliphatic carbocycles. The van der Waals surface area contributed by atoms with Gasteiger partial charge >= 0.3 is 5.97 Å². The summed E-state index contributed by atoms with van der Waals surface area (Å²) in [6.45, 7) is 0.0482. The average molecular weight is 215 g/mol. The fraction of sp³-hybridized carbons (Fsp3) is 0.444. The van der Waals surface area contributed by atoms with Crippen LogP contribution in [0.15, 0.2) is 11.4 Å². The zero-order valence-electron chi connectivity index (χ0n) is 7.90. The number of rotatable bonds is 4. The molecule has 3 N–H and O–H groups in total. The van der Waals surface area contributed by atoms with E-state index in [0.29, 0.717) is 12.0 Å². The van der Waals surface area contributed by atoms with Crippen LogP contribution >= 0.6 is 11.3 Å². The first-order chi connectivity index (χ1) is 6.69. The van der Waals surface area contributed by atoms with Gasteiger partial charge in [0.2, 0.25) is 0 Å². The smallest absolute Gasteiger partial charge is 0.338 e. The molecule has 1 unspecified atom stereocenters. The molecule has 5 heteroatoms. The number of nitrogens with two attached hydrogens (primary N) is 1. The molecule has 0 saturated heterocycles. The van der Waals surface area contributed by atoms with Crippen molar-refractivity contribution < 1.29 is 14.6 Å². The van der Waals surface area contributed by atoms with Gasteiger partial charge in [-0.05, 0) is 12.5 Å². The van der Waals surface area contributed by atoms with Crippen LogP contribution in [-0.4, -0.2) is 24.8 Å². The number of aliphatic hydroxyl groups excluding tert-OH is 1. The van der Waals surface area contributed by atoms with Crippen molar-refractivity contribution in [3.05, 3.63) is 21.9 Å². The highest BCUT2D eigenvalue weighted by atomic mass is 32.1. The van der Waals surface area contributed by atoms with Gasteiger partial charge in [-0.15, -0.1) is 11.3 Å². The molecule has 1 atom stereocenters. The van der Waals surface area contributed by atoms with E-state index in [-0.39, 0.29) is 18.6 Å². The van der Waals surface area contributed by atoms with Crippen molar-refractivity contribution in [2.45, 2.75) is 12.5 Å². The van der Waals surface area contributed by atoms with Gasteiger partial charge < -0.3 is 15.6 Å². The van der Waals surface area contributed by atoms with Crippen LogP contribution in [0.1, 0.15) is 27.7 Å². The summed E-state index contributed by atoms with van der Waals surface area (Å²) >= 11 is 1.40. The standard InChI is InChI=1S/C9H13NO3S/c1-13-9(12)6-4-8(14-5-6)7(10)2-3-11/h4-5,7,11H,2-3,10H2,1H3. The van der Waals surface area contributed by atoms with Crippen LogP contribution in [0.25, 0.3) is 0 Å². The minimum Gasteiger partial charge on any atom is -0.465 e. The van der Waals surface area contributed by atoms with E-state index in [1.54, 1.807) is 11.4 Å². The van der Waals surface area contributed by atoms with Crippen LogP contribution in [0, 0.1) is 0 Å². The molecule has 4 nitrogen and oxygen atoms in total. The zero-order chi connectivity index (χ0) is 10.6. The Bertz CT molecular complexity index is 311. The lowest BCUT2D eigenvalue weighted by molar-refractivity contribution is 0.0601. The van der Waals surface area contributed by atoms with Crippen LogP contribution in [0.3, 0.4) is 0 Å². The van der Waals surface area contributed by atoms with Crippen molar-refractivity contribution in [3.8, 4) is 0 Å². The number of thiophene rings is 1. The van der Waals surface area contributed by atoms with Crippen molar-refractivity contribution in [1.29, 1.82) is 0 Å². The quantitative estimate of drug-likeness (QED) is 0.732. The highest BCUT2D eigenvalue weighted by Gasteiger charge is 2.12. The molecule has 1 rings (SSSR count). The maximum Gasteiger partial charge on any atom is 0.338 e. The first-order valence-electron chi connectivity index (χ1n) is 4.22. The van der Waals surface area contributed by atoms with E-state index in [0.717, 1.165) is 4.88 Å². The van der Waals surface area contributed by atoms with Crippen LogP contribution in [0.5, 0.6) is 0 Å². The number of hydrogen-bond acceptors (Lipinski definition) is 5. The molecule has 1 aromatic rings. The molecular weight excluding hydrogens is 202 g/mol. The Kier molecular flexibility index (Phi) is 4.06. The van der Waals surface area contributed by atoms with Gasteiger partial charge in [0.25, 0.3) is 0 Å². The first-order valence-corrected chi connectivity index (χ1v) is 5.10. The number of esters is 1. The van der Waals surface area contributed by atoms with Gasteiger partial charge in [0.1, 0.15) is 0 Å². The molecular formula is C9H13NO3S. The number of methoxy groups -OCH3 is 1. The van der Waals surface area contributed by atoms with Crippen molar-refractivity contribution in [3.63, 3.8) is 0 Å². The predicted octanol–water partition coefficient (Wildman–Crippen LogP) is 0.917. The third-order valence-corrected chi connectivity index (χ3v) is 2.91. The summed E-state index contributed by atoms with van der Waals surface area (Å²) in [5.41, 5.74) is 6.27. The maximum atomic E-state index is 11.1. The Morgan fingerprint density at radius 1 is 1.79 bits per heavy atom. The Morgan fingerprint density at radius 2 is 2.50 bits per heavy atom. The first kappa shape index (κ1) is 11.2. The fourth-order valence-corrected chi connectivity index (χ4v) is 1.97. The molecule has 1 heterocycles. The Labute approximate surface area is 86.3 Å². The van der Waals surface area contributed by atoms with Gasteiger partial charge in [-0.25, -0.2) is 4.79 Å². The third-order valence-electron chi connectivity index (χ3n) is 1.85. The molecule has 0 spiro atoms. The number of aliphatic hydroxyl groups is 1. The van der Waals surface area contributed by atoms with Crippen LogP contribution in [-0.2, 0) is 4.74 Å². The molecule has 1 aromatic heterocycles. The van der Waals surface area contributed by atoms with E-state index in [1.807, 2.05) is 0 Å². The number of hydrogen-bond donors (Lipinski definition) is 2. The minimum atomic E-state index is -0.358. The van der Waals surface area contributed by atoms with E-state index >= 15 is 0 Å². The predicted molar refractivity (Wildman–Crippen MR) is 54.3 cm³/mol. The maximum absolute atomic E-state index is 11.1. The van der Waals surface area contributed by atoms with Crippen LogP contribution < -0.4 is 5.73 Å². The lowest BCUT2D eigenvalue weighted by atomic mass is 10.2. The van der Waals surface area contributed by atoms with E-state index in [9.17, 15) is 4.79 Å². The molecule has 0 aliphatic heterocycles.